The lowest BCUT2D eigenvalue weighted by Crippen LogP contribution is -2.25. The predicted molar refractivity (Wildman–Crippen MR) is 126 cm³/mol. The Kier molecular flexibility index (Phi) is 6.82. The van der Waals surface area contributed by atoms with Gasteiger partial charge in [-0.05, 0) is 31.0 Å². The summed E-state index contributed by atoms with van der Waals surface area (Å²) in [4.78, 5) is 29.1. The smallest absolute Gasteiger partial charge is 0.315 e. The van der Waals surface area contributed by atoms with Crippen molar-refractivity contribution >= 4 is 22.8 Å². The van der Waals surface area contributed by atoms with Gasteiger partial charge in [0.05, 0.1) is 29.2 Å². The number of nitriles is 1. The normalized spacial score (nSPS) is 14.2. The SMILES string of the molecule is COc1cc(C=Nn2c(C3CCCCC3)nc3ccccc3c2=O)cc([N+](=O)[O-])c1OCC#N. The van der Waals surface area contributed by atoms with E-state index in [4.69, 9.17) is 19.7 Å². The van der Waals surface area contributed by atoms with E-state index < -0.39 is 4.92 Å². The molecule has 10 nitrogen and oxygen atoms in total. The average Bonchev–Trinajstić information content (AvgIpc) is 2.87. The summed E-state index contributed by atoms with van der Waals surface area (Å²) >= 11 is 0. The van der Waals surface area contributed by atoms with Crippen LogP contribution in [0.2, 0.25) is 0 Å². The molecule has 0 spiro atoms. The minimum Gasteiger partial charge on any atom is -0.493 e. The highest BCUT2D eigenvalue weighted by molar-refractivity contribution is 5.83. The number of nitro benzene ring substituents is 1. The Balaban J connectivity index is 1.82. The fourth-order valence-electron chi connectivity index (χ4n) is 4.22. The fourth-order valence-corrected chi connectivity index (χ4v) is 4.22. The van der Waals surface area contributed by atoms with E-state index in [0.717, 1.165) is 32.1 Å². The van der Waals surface area contributed by atoms with Crippen LogP contribution in [0, 0.1) is 21.4 Å². The van der Waals surface area contributed by atoms with Gasteiger partial charge in [-0.1, -0.05) is 31.4 Å². The number of ether oxygens (including phenoxy) is 2. The summed E-state index contributed by atoms with van der Waals surface area (Å²) in [5.74, 6) is 0.643. The third-order valence-electron chi connectivity index (χ3n) is 5.83. The maximum absolute atomic E-state index is 13.3. The lowest BCUT2D eigenvalue weighted by atomic mass is 9.88. The molecule has 0 bridgehead atoms. The molecule has 1 fully saturated rings. The van der Waals surface area contributed by atoms with Gasteiger partial charge in [0.15, 0.2) is 12.4 Å². The molecule has 2 aromatic carbocycles. The van der Waals surface area contributed by atoms with E-state index in [1.807, 2.05) is 12.1 Å². The second-order valence-corrected chi connectivity index (χ2v) is 7.96. The third-order valence-corrected chi connectivity index (χ3v) is 5.83. The first kappa shape index (κ1) is 22.9. The molecule has 0 N–H and O–H groups in total. The van der Waals surface area contributed by atoms with Gasteiger partial charge in [-0.3, -0.25) is 14.9 Å². The highest BCUT2D eigenvalue weighted by Crippen LogP contribution is 2.38. The maximum Gasteiger partial charge on any atom is 0.315 e. The molecule has 0 radical (unpaired) electrons. The lowest BCUT2D eigenvalue weighted by molar-refractivity contribution is -0.385. The minimum atomic E-state index is -0.621. The van der Waals surface area contributed by atoms with Crippen LogP contribution in [0.15, 0.2) is 46.3 Å². The van der Waals surface area contributed by atoms with Crippen LogP contribution in [0.4, 0.5) is 5.69 Å². The zero-order valence-corrected chi connectivity index (χ0v) is 18.6. The Labute approximate surface area is 195 Å². The van der Waals surface area contributed by atoms with Crippen LogP contribution >= 0.6 is 0 Å². The van der Waals surface area contributed by atoms with Crippen molar-refractivity contribution in [1.29, 1.82) is 5.26 Å². The number of hydrogen-bond acceptors (Lipinski definition) is 8. The van der Waals surface area contributed by atoms with Crippen LogP contribution in [-0.2, 0) is 0 Å². The van der Waals surface area contributed by atoms with Crippen molar-refractivity contribution in [3.63, 3.8) is 0 Å². The van der Waals surface area contributed by atoms with Crippen LogP contribution in [-0.4, -0.2) is 34.5 Å². The van der Waals surface area contributed by atoms with E-state index in [9.17, 15) is 14.9 Å². The minimum absolute atomic E-state index is 0.0855. The van der Waals surface area contributed by atoms with Crippen LogP contribution in [0.5, 0.6) is 11.5 Å². The number of hydrogen-bond donors (Lipinski definition) is 0. The van der Waals surface area contributed by atoms with Gasteiger partial charge in [0, 0.05) is 17.5 Å². The largest absolute Gasteiger partial charge is 0.493 e. The van der Waals surface area contributed by atoms with Crippen LogP contribution in [0.3, 0.4) is 0 Å². The summed E-state index contributed by atoms with van der Waals surface area (Å²) in [6.45, 7) is -0.368. The molecule has 1 heterocycles. The molecule has 1 aromatic heterocycles. The van der Waals surface area contributed by atoms with Crippen LogP contribution < -0.4 is 15.0 Å². The molecule has 1 saturated carbocycles. The van der Waals surface area contributed by atoms with Crippen molar-refractivity contribution in [2.24, 2.45) is 5.10 Å². The Hall–Kier alpha value is -4.26. The highest BCUT2D eigenvalue weighted by atomic mass is 16.6. The van der Waals surface area contributed by atoms with Gasteiger partial charge in [0.25, 0.3) is 5.56 Å². The molecule has 1 aliphatic carbocycles. The molecule has 0 aliphatic heterocycles. The average molecular weight is 461 g/mol. The number of nitro groups is 1. The molecule has 4 rings (SSSR count). The van der Waals surface area contributed by atoms with Crippen molar-refractivity contribution in [3.8, 4) is 17.6 Å². The predicted octanol–water partition coefficient (Wildman–Crippen LogP) is 4.15. The van der Waals surface area contributed by atoms with E-state index in [2.05, 4.69) is 5.10 Å². The molecule has 3 aromatic rings. The number of methoxy groups -OCH3 is 1. The van der Waals surface area contributed by atoms with Crippen LogP contribution in [0.25, 0.3) is 10.9 Å². The van der Waals surface area contributed by atoms with Crippen molar-refractivity contribution in [3.05, 3.63) is 68.3 Å². The summed E-state index contributed by atoms with van der Waals surface area (Å²) in [6.07, 6.45) is 6.49. The summed E-state index contributed by atoms with van der Waals surface area (Å²) in [5.41, 5.74) is 0.295. The van der Waals surface area contributed by atoms with Crippen molar-refractivity contribution in [2.45, 2.75) is 38.0 Å². The van der Waals surface area contributed by atoms with E-state index in [-0.39, 0.29) is 35.3 Å². The van der Waals surface area contributed by atoms with Gasteiger partial charge in [-0.15, -0.1) is 0 Å². The van der Waals surface area contributed by atoms with E-state index in [1.54, 1.807) is 18.2 Å². The summed E-state index contributed by atoms with van der Waals surface area (Å²) in [7, 11) is 1.35. The molecular formula is C24H23N5O5. The van der Waals surface area contributed by atoms with Gasteiger partial charge >= 0.3 is 5.69 Å². The van der Waals surface area contributed by atoms with Crippen molar-refractivity contribution in [2.75, 3.05) is 13.7 Å². The monoisotopic (exact) mass is 461 g/mol. The van der Waals surface area contributed by atoms with Gasteiger partial charge < -0.3 is 9.47 Å². The zero-order chi connectivity index (χ0) is 24.1. The fraction of sp³-hybridized carbons (Fsp3) is 0.333. The Morgan fingerprint density at radius 2 is 2.06 bits per heavy atom. The van der Waals surface area contributed by atoms with Gasteiger partial charge in [-0.25, -0.2) is 4.98 Å². The highest BCUT2D eigenvalue weighted by Gasteiger charge is 2.24. The molecule has 0 amide bonds. The number of fused-ring (bicyclic) bond motifs is 1. The summed E-state index contributed by atoms with van der Waals surface area (Å²) in [5, 5.41) is 25.3. The molecule has 10 heteroatoms. The molecule has 1 aliphatic rings. The molecular weight excluding hydrogens is 438 g/mol. The second-order valence-electron chi connectivity index (χ2n) is 7.96. The Bertz CT molecular complexity index is 1350. The second kappa shape index (κ2) is 10.1. The van der Waals surface area contributed by atoms with Crippen LogP contribution in [0.1, 0.15) is 49.4 Å². The zero-order valence-electron chi connectivity index (χ0n) is 18.6. The van der Waals surface area contributed by atoms with Crippen molar-refractivity contribution in [1.82, 2.24) is 9.66 Å². The van der Waals surface area contributed by atoms with Gasteiger partial charge in [-0.2, -0.15) is 15.0 Å². The number of benzene rings is 2. The number of aromatic nitrogens is 2. The standard InChI is InChI=1S/C24H23N5O5/c1-33-21-14-16(13-20(29(31)32)22(21)34-12-11-25)15-26-28-23(17-7-3-2-4-8-17)27-19-10-6-5-9-18(19)24(28)30/h5-6,9-10,13-15,17H,2-4,7-8,12H2,1H3. The van der Waals surface area contributed by atoms with Gasteiger partial charge in [0.2, 0.25) is 5.75 Å². The molecule has 0 saturated heterocycles. The lowest BCUT2D eigenvalue weighted by Gasteiger charge is -2.22. The number of para-hydroxylation sites is 1. The quantitative estimate of drug-likeness (QED) is 0.293. The van der Waals surface area contributed by atoms with E-state index in [0.29, 0.717) is 22.3 Å². The van der Waals surface area contributed by atoms with E-state index >= 15 is 0 Å². The maximum atomic E-state index is 13.3. The number of nitrogens with zero attached hydrogens (tertiary/aromatic N) is 5. The first-order chi connectivity index (χ1) is 16.5. The van der Waals surface area contributed by atoms with Crippen molar-refractivity contribution < 1.29 is 14.4 Å². The summed E-state index contributed by atoms with van der Waals surface area (Å²) in [6, 6.07) is 11.7. The Morgan fingerprint density at radius 3 is 2.76 bits per heavy atom. The topological polar surface area (TPSA) is 133 Å². The number of rotatable bonds is 7. The first-order valence-electron chi connectivity index (χ1n) is 11.0. The first-order valence-corrected chi connectivity index (χ1v) is 11.0. The Morgan fingerprint density at radius 1 is 1.29 bits per heavy atom. The van der Waals surface area contributed by atoms with E-state index in [1.165, 1.54) is 30.1 Å². The molecule has 0 atom stereocenters. The molecule has 174 valence electrons. The molecule has 34 heavy (non-hydrogen) atoms. The third kappa shape index (κ3) is 4.59. The molecule has 0 unspecified atom stereocenters. The summed E-state index contributed by atoms with van der Waals surface area (Å²) < 4.78 is 11.8. The van der Waals surface area contributed by atoms with Gasteiger partial charge in [0.1, 0.15) is 11.9 Å².